The molecule has 1 aromatic carbocycles. The highest BCUT2D eigenvalue weighted by molar-refractivity contribution is 5.51. The zero-order chi connectivity index (χ0) is 14.7. The van der Waals surface area contributed by atoms with Crippen molar-refractivity contribution in [2.24, 2.45) is 0 Å². The quantitative estimate of drug-likeness (QED) is 0.868. The Balaban J connectivity index is 1.63. The van der Waals surface area contributed by atoms with Crippen LogP contribution in [-0.4, -0.2) is 42.0 Å². The lowest BCUT2D eigenvalue weighted by molar-refractivity contribution is 0.161. The Morgan fingerprint density at radius 1 is 1.19 bits per heavy atom. The van der Waals surface area contributed by atoms with E-state index in [4.69, 9.17) is 5.73 Å². The van der Waals surface area contributed by atoms with Crippen molar-refractivity contribution in [3.05, 3.63) is 29.3 Å². The molecular formula is C18H29N3. The van der Waals surface area contributed by atoms with Gasteiger partial charge >= 0.3 is 0 Å². The van der Waals surface area contributed by atoms with Gasteiger partial charge in [0.05, 0.1) is 0 Å². The number of rotatable bonds is 3. The van der Waals surface area contributed by atoms with Crippen molar-refractivity contribution in [1.82, 2.24) is 9.80 Å². The average molecular weight is 287 g/mol. The van der Waals surface area contributed by atoms with Crippen LogP contribution in [0.15, 0.2) is 18.2 Å². The molecule has 0 aromatic heterocycles. The van der Waals surface area contributed by atoms with E-state index in [2.05, 4.69) is 28.9 Å². The third kappa shape index (κ3) is 3.41. The van der Waals surface area contributed by atoms with Gasteiger partial charge in [0.15, 0.2) is 0 Å². The number of fused-ring (bicyclic) bond motifs is 1. The number of anilines is 1. The lowest BCUT2D eigenvalue weighted by atomic mass is 9.95. The summed E-state index contributed by atoms with van der Waals surface area (Å²) in [5.74, 6) is 0. The standard InChI is InChI=1S/C18H29N3/c1-2-10-20-11-4-6-16(8-12-20)21-13-9-17-15(14-21)5-3-7-18(17)19/h3,5,7,16H,2,4,6,8-14,19H2,1H3. The number of hydrogen-bond acceptors (Lipinski definition) is 3. The highest BCUT2D eigenvalue weighted by atomic mass is 15.2. The Morgan fingerprint density at radius 2 is 2.10 bits per heavy atom. The Hall–Kier alpha value is -1.06. The van der Waals surface area contributed by atoms with Crippen LogP contribution in [0.2, 0.25) is 0 Å². The molecule has 2 N–H and O–H groups in total. The molecule has 2 aliphatic rings. The Kier molecular flexibility index (Phi) is 4.81. The van der Waals surface area contributed by atoms with Gasteiger partial charge in [0, 0.05) is 24.8 Å². The van der Waals surface area contributed by atoms with Gasteiger partial charge in [0.25, 0.3) is 0 Å². The maximum absolute atomic E-state index is 6.12. The van der Waals surface area contributed by atoms with Crippen LogP contribution in [0.5, 0.6) is 0 Å². The molecule has 3 nitrogen and oxygen atoms in total. The van der Waals surface area contributed by atoms with Crippen molar-refractivity contribution in [3.8, 4) is 0 Å². The predicted octanol–water partition coefficient (Wildman–Crippen LogP) is 2.89. The molecule has 1 saturated heterocycles. The SMILES string of the molecule is CCCN1CCCC(N2CCc3c(N)cccc3C2)CC1. The summed E-state index contributed by atoms with van der Waals surface area (Å²) < 4.78 is 0. The number of likely N-dealkylation sites (tertiary alicyclic amines) is 1. The second-order valence-corrected chi connectivity index (χ2v) is 6.63. The fourth-order valence-corrected chi connectivity index (χ4v) is 4.02. The topological polar surface area (TPSA) is 32.5 Å². The average Bonchev–Trinajstić information content (AvgIpc) is 2.73. The van der Waals surface area contributed by atoms with Crippen LogP contribution < -0.4 is 5.73 Å². The van der Waals surface area contributed by atoms with E-state index in [1.165, 1.54) is 63.0 Å². The van der Waals surface area contributed by atoms with E-state index in [1.807, 2.05) is 6.07 Å². The molecule has 1 unspecified atom stereocenters. The van der Waals surface area contributed by atoms with E-state index in [1.54, 1.807) is 0 Å². The summed E-state index contributed by atoms with van der Waals surface area (Å²) in [6.45, 7) is 8.40. The number of benzene rings is 1. The Bertz CT molecular complexity index is 472. The van der Waals surface area contributed by atoms with Gasteiger partial charge in [0.1, 0.15) is 0 Å². The van der Waals surface area contributed by atoms with Crippen molar-refractivity contribution in [2.75, 3.05) is 31.9 Å². The largest absolute Gasteiger partial charge is 0.398 e. The minimum atomic E-state index is 0.765. The van der Waals surface area contributed by atoms with Crippen molar-refractivity contribution in [2.45, 2.75) is 51.6 Å². The van der Waals surface area contributed by atoms with E-state index in [9.17, 15) is 0 Å². The fourth-order valence-electron chi connectivity index (χ4n) is 4.02. The van der Waals surface area contributed by atoms with Crippen molar-refractivity contribution in [3.63, 3.8) is 0 Å². The molecule has 21 heavy (non-hydrogen) atoms. The molecule has 0 spiro atoms. The Morgan fingerprint density at radius 3 is 2.95 bits per heavy atom. The third-order valence-electron chi connectivity index (χ3n) is 5.18. The zero-order valence-corrected chi connectivity index (χ0v) is 13.4. The van der Waals surface area contributed by atoms with Crippen LogP contribution >= 0.6 is 0 Å². The van der Waals surface area contributed by atoms with Crippen molar-refractivity contribution >= 4 is 5.69 Å². The Labute approximate surface area is 129 Å². The number of nitrogens with zero attached hydrogens (tertiary/aromatic N) is 2. The molecule has 1 fully saturated rings. The van der Waals surface area contributed by atoms with Gasteiger partial charge in [-0.3, -0.25) is 4.90 Å². The van der Waals surface area contributed by atoms with Gasteiger partial charge in [-0.25, -0.2) is 0 Å². The predicted molar refractivity (Wildman–Crippen MR) is 89.3 cm³/mol. The molecule has 0 saturated carbocycles. The second kappa shape index (κ2) is 6.80. The second-order valence-electron chi connectivity index (χ2n) is 6.63. The number of hydrogen-bond donors (Lipinski definition) is 1. The smallest absolute Gasteiger partial charge is 0.0350 e. The van der Waals surface area contributed by atoms with Gasteiger partial charge in [0.2, 0.25) is 0 Å². The van der Waals surface area contributed by atoms with Gasteiger partial charge in [-0.1, -0.05) is 19.1 Å². The monoisotopic (exact) mass is 287 g/mol. The van der Waals surface area contributed by atoms with E-state index < -0.39 is 0 Å². The van der Waals surface area contributed by atoms with Crippen LogP contribution in [0, 0.1) is 0 Å². The highest BCUT2D eigenvalue weighted by Gasteiger charge is 2.26. The summed E-state index contributed by atoms with van der Waals surface area (Å²) in [6.07, 6.45) is 6.44. The first-order chi connectivity index (χ1) is 10.3. The molecule has 3 heteroatoms. The lowest BCUT2D eigenvalue weighted by Crippen LogP contribution is -2.40. The third-order valence-corrected chi connectivity index (χ3v) is 5.18. The van der Waals surface area contributed by atoms with Crippen LogP contribution in [0.4, 0.5) is 5.69 Å². The molecule has 1 atom stereocenters. The molecule has 1 aromatic rings. The zero-order valence-electron chi connectivity index (χ0n) is 13.4. The molecule has 0 radical (unpaired) electrons. The first kappa shape index (κ1) is 14.9. The van der Waals surface area contributed by atoms with Crippen LogP contribution in [0.25, 0.3) is 0 Å². The summed E-state index contributed by atoms with van der Waals surface area (Å²) in [4.78, 5) is 5.35. The van der Waals surface area contributed by atoms with Gasteiger partial charge in [-0.2, -0.15) is 0 Å². The summed E-state index contributed by atoms with van der Waals surface area (Å²) >= 11 is 0. The highest BCUT2D eigenvalue weighted by Crippen LogP contribution is 2.28. The maximum Gasteiger partial charge on any atom is 0.0350 e. The molecule has 3 rings (SSSR count). The van der Waals surface area contributed by atoms with E-state index in [0.717, 1.165) is 24.7 Å². The van der Waals surface area contributed by atoms with Gasteiger partial charge < -0.3 is 10.6 Å². The van der Waals surface area contributed by atoms with Crippen LogP contribution in [0.1, 0.15) is 43.7 Å². The summed E-state index contributed by atoms with van der Waals surface area (Å²) in [5, 5.41) is 0. The number of nitrogens with two attached hydrogens (primary N) is 1. The van der Waals surface area contributed by atoms with Crippen molar-refractivity contribution in [1.29, 1.82) is 0 Å². The summed E-state index contributed by atoms with van der Waals surface area (Å²) in [6, 6.07) is 7.18. The summed E-state index contributed by atoms with van der Waals surface area (Å²) in [5.41, 5.74) is 9.96. The first-order valence-electron chi connectivity index (χ1n) is 8.60. The normalized spacial score (nSPS) is 24.5. The molecule has 0 amide bonds. The number of nitrogen functional groups attached to an aromatic ring is 1. The maximum atomic E-state index is 6.12. The first-order valence-corrected chi connectivity index (χ1v) is 8.60. The van der Waals surface area contributed by atoms with Gasteiger partial charge in [-0.05, 0) is 68.9 Å². The lowest BCUT2D eigenvalue weighted by Gasteiger charge is -2.35. The van der Waals surface area contributed by atoms with Crippen LogP contribution in [0.3, 0.4) is 0 Å². The van der Waals surface area contributed by atoms with E-state index in [0.29, 0.717) is 0 Å². The van der Waals surface area contributed by atoms with E-state index >= 15 is 0 Å². The molecule has 116 valence electrons. The summed E-state index contributed by atoms with van der Waals surface area (Å²) in [7, 11) is 0. The molecule has 2 aliphatic heterocycles. The van der Waals surface area contributed by atoms with Gasteiger partial charge in [-0.15, -0.1) is 0 Å². The molecule has 0 aliphatic carbocycles. The van der Waals surface area contributed by atoms with E-state index in [-0.39, 0.29) is 0 Å². The molecular weight excluding hydrogens is 258 g/mol. The van der Waals surface area contributed by atoms with Crippen LogP contribution in [-0.2, 0) is 13.0 Å². The fraction of sp³-hybridized carbons (Fsp3) is 0.667. The minimum absolute atomic E-state index is 0.765. The molecule has 2 heterocycles. The van der Waals surface area contributed by atoms with Crippen molar-refractivity contribution < 1.29 is 0 Å². The minimum Gasteiger partial charge on any atom is -0.398 e. The molecule has 0 bridgehead atoms.